The van der Waals surface area contributed by atoms with Gasteiger partial charge in [-0.2, -0.15) is 0 Å². The summed E-state index contributed by atoms with van der Waals surface area (Å²) in [5.41, 5.74) is 0.307. The fraction of sp³-hybridized carbons (Fsp3) is 0.182. The fourth-order valence-electron chi connectivity index (χ4n) is 3.04. The lowest BCUT2D eigenvalue weighted by Crippen LogP contribution is -2.16. The number of hydrogen-bond acceptors (Lipinski definition) is 9. The molecule has 0 bridgehead atoms. The molecule has 1 amide bonds. The van der Waals surface area contributed by atoms with Gasteiger partial charge in [0.15, 0.2) is 10.3 Å². The minimum absolute atomic E-state index is 0.106. The van der Waals surface area contributed by atoms with E-state index in [9.17, 15) is 19.1 Å². The zero-order chi connectivity index (χ0) is 25.8. The van der Waals surface area contributed by atoms with E-state index in [-0.39, 0.29) is 26.7 Å². The number of hydrogen-bond donors (Lipinski definition) is 2. The third kappa shape index (κ3) is 6.03. The molecule has 4 aromatic rings. The summed E-state index contributed by atoms with van der Waals surface area (Å²) in [4.78, 5) is 34.9. The number of nitrogens with one attached hydrogen (secondary N) is 1. The number of aliphatic carboxylic acids is 1. The van der Waals surface area contributed by atoms with Crippen LogP contribution in [0.25, 0.3) is 0 Å². The molecule has 0 radical (unpaired) electrons. The first-order valence-corrected chi connectivity index (χ1v) is 13.2. The molecule has 1 atom stereocenters. The van der Waals surface area contributed by atoms with Crippen molar-refractivity contribution in [1.82, 2.24) is 24.7 Å². The molecule has 1 aromatic carbocycles. The number of carbonyl (C=O) groups is 2. The number of anilines is 1. The maximum Gasteiger partial charge on any atom is 0.312 e. The number of rotatable bonds is 9. The number of amides is 1. The normalized spacial score (nSPS) is 11.9. The predicted molar refractivity (Wildman–Crippen MR) is 136 cm³/mol. The molecule has 2 N–H and O–H groups in total. The number of halogens is 2. The molecule has 0 fully saturated rings. The summed E-state index contributed by atoms with van der Waals surface area (Å²) in [5, 5.41) is 21.2. The Hall–Kier alpha value is -3.00. The van der Waals surface area contributed by atoms with Gasteiger partial charge >= 0.3 is 5.97 Å². The lowest BCUT2D eigenvalue weighted by molar-refractivity contribution is -0.138. The molecule has 4 rings (SSSR count). The summed E-state index contributed by atoms with van der Waals surface area (Å²) < 4.78 is 15.3. The van der Waals surface area contributed by atoms with Crippen LogP contribution in [0, 0.1) is 5.82 Å². The molecule has 3 heterocycles. The number of pyridine rings is 1. The molecule has 36 heavy (non-hydrogen) atoms. The first-order chi connectivity index (χ1) is 17.2. The van der Waals surface area contributed by atoms with Gasteiger partial charge in [0.2, 0.25) is 0 Å². The minimum atomic E-state index is -1.05. The number of benzene rings is 1. The molecular weight excluding hydrogens is 547 g/mol. The highest BCUT2D eigenvalue weighted by Gasteiger charge is 2.26. The summed E-state index contributed by atoms with van der Waals surface area (Å²) >= 11 is 9.69. The van der Waals surface area contributed by atoms with Crippen LogP contribution in [-0.4, -0.2) is 41.7 Å². The second-order valence-electron chi connectivity index (χ2n) is 7.31. The summed E-state index contributed by atoms with van der Waals surface area (Å²) in [6, 6.07) is 9.37. The number of carboxylic acids is 1. The van der Waals surface area contributed by atoms with Gasteiger partial charge in [0.1, 0.15) is 33.1 Å². The molecular formula is C22H18ClFN6O3S3. The second kappa shape index (κ2) is 11.4. The third-order valence-electron chi connectivity index (χ3n) is 4.82. The molecule has 186 valence electrons. The molecule has 9 nitrogen and oxygen atoms in total. The van der Waals surface area contributed by atoms with Crippen molar-refractivity contribution in [2.75, 3.05) is 5.32 Å². The Kier molecular flexibility index (Phi) is 8.24. The summed E-state index contributed by atoms with van der Waals surface area (Å²) in [6.45, 7) is 1.72. The smallest absolute Gasteiger partial charge is 0.312 e. The van der Waals surface area contributed by atoms with E-state index in [2.05, 4.69) is 25.5 Å². The summed E-state index contributed by atoms with van der Waals surface area (Å²) in [6.07, 6.45) is 1.85. The second-order valence-corrected chi connectivity index (χ2v) is 11.0. The van der Waals surface area contributed by atoms with E-state index in [0.717, 1.165) is 11.3 Å². The van der Waals surface area contributed by atoms with Gasteiger partial charge < -0.3 is 9.67 Å². The first kappa shape index (κ1) is 26.1. The van der Waals surface area contributed by atoms with Gasteiger partial charge in [-0.15, -0.1) is 10.2 Å². The monoisotopic (exact) mass is 564 g/mol. The Labute approximate surface area is 222 Å². The van der Waals surface area contributed by atoms with E-state index < -0.39 is 17.8 Å². The van der Waals surface area contributed by atoms with Gasteiger partial charge in [0.25, 0.3) is 5.91 Å². The minimum Gasteiger partial charge on any atom is -0.481 e. The molecule has 0 spiro atoms. The highest BCUT2D eigenvalue weighted by Crippen LogP contribution is 2.36. The zero-order valence-corrected chi connectivity index (χ0v) is 22.0. The Bertz CT molecular complexity index is 1410. The van der Waals surface area contributed by atoms with Crippen molar-refractivity contribution in [3.63, 3.8) is 0 Å². The first-order valence-electron chi connectivity index (χ1n) is 10.4. The predicted octanol–water partition coefficient (Wildman–Crippen LogP) is 5.59. The highest BCUT2D eigenvalue weighted by molar-refractivity contribution is 7.99. The van der Waals surface area contributed by atoms with E-state index in [4.69, 9.17) is 11.6 Å². The van der Waals surface area contributed by atoms with Crippen LogP contribution < -0.4 is 5.32 Å². The van der Waals surface area contributed by atoms with Crippen LogP contribution in [0.15, 0.2) is 62.7 Å². The number of aromatic nitrogens is 5. The van der Waals surface area contributed by atoms with Crippen molar-refractivity contribution in [1.29, 1.82) is 0 Å². The number of nitrogens with zero attached hydrogens (tertiary/aromatic N) is 5. The maximum absolute atomic E-state index is 13.4. The summed E-state index contributed by atoms with van der Waals surface area (Å²) in [7, 11) is 1.79. The molecule has 14 heteroatoms. The van der Waals surface area contributed by atoms with Crippen LogP contribution in [0.1, 0.15) is 35.4 Å². The van der Waals surface area contributed by atoms with Gasteiger partial charge in [0, 0.05) is 16.8 Å². The number of carbonyl (C=O) groups excluding carboxylic acids is 1. The zero-order valence-electron chi connectivity index (χ0n) is 18.8. The van der Waals surface area contributed by atoms with Crippen LogP contribution in [0.4, 0.5) is 9.52 Å². The van der Waals surface area contributed by atoms with Gasteiger partial charge in [-0.1, -0.05) is 41.6 Å². The molecule has 0 saturated heterocycles. The summed E-state index contributed by atoms with van der Waals surface area (Å²) in [5.74, 6) is -2.85. The van der Waals surface area contributed by atoms with Gasteiger partial charge in [-0.3, -0.25) is 14.9 Å². The topological polar surface area (TPSA) is 123 Å². The van der Waals surface area contributed by atoms with Gasteiger partial charge in [-0.25, -0.2) is 14.4 Å². The standard InChI is InChI=1S/C22H18ClFN6O3S3/c1-3-13(20(32)33)16-18(23)36-21(27-16)28-19(31)17-14(34-12-6-4-11(24)5-7-12)8-9-15(26-17)35-22-29-25-10-30(22)2/h4-10,13H,3H2,1-2H3,(H,32,33)(H,27,28,31). The van der Waals surface area contributed by atoms with Crippen LogP contribution in [-0.2, 0) is 11.8 Å². The highest BCUT2D eigenvalue weighted by atomic mass is 35.5. The SMILES string of the molecule is CCC(C(=O)O)c1nc(NC(=O)c2nc(Sc3nncn3C)ccc2Sc2ccc(F)cc2)sc1Cl. The average molecular weight is 565 g/mol. The van der Waals surface area contributed by atoms with Crippen molar-refractivity contribution >= 4 is 63.5 Å². The fourth-order valence-corrected chi connectivity index (χ4v) is 5.82. The average Bonchev–Trinajstić information content (AvgIpc) is 3.41. The number of carboxylic acid groups (broad SMARTS) is 1. The van der Waals surface area contributed by atoms with Crippen molar-refractivity contribution in [3.8, 4) is 0 Å². The van der Waals surface area contributed by atoms with Gasteiger partial charge in [0.05, 0.1) is 5.69 Å². The van der Waals surface area contributed by atoms with Crippen LogP contribution >= 0.6 is 46.5 Å². The van der Waals surface area contributed by atoms with Crippen LogP contribution in [0.3, 0.4) is 0 Å². The molecule has 3 aromatic heterocycles. The maximum atomic E-state index is 13.4. The van der Waals surface area contributed by atoms with Crippen molar-refractivity contribution < 1.29 is 19.1 Å². The Morgan fingerprint density at radius 1 is 1.19 bits per heavy atom. The van der Waals surface area contributed by atoms with E-state index in [1.807, 2.05) is 0 Å². The quantitative estimate of drug-likeness (QED) is 0.267. The van der Waals surface area contributed by atoms with E-state index in [0.29, 0.717) is 26.4 Å². The van der Waals surface area contributed by atoms with Crippen LogP contribution in [0.2, 0.25) is 4.34 Å². The van der Waals surface area contributed by atoms with E-state index in [1.54, 1.807) is 49.1 Å². The van der Waals surface area contributed by atoms with E-state index >= 15 is 0 Å². The molecule has 0 aliphatic rings. The molecule has 0 aliphatic carbocycles. The molecule has 0 aliphatic heterocycles. The van der Waals surface area contributed by atoms with Gasteiger partial charge in [-0.05, 0) is 54.6 Å². The van der Waals surface area contributed by atoms with Crippen molar-refractivity contribution in [3.05, 3.63) is 64.3 Å². The molecule has 1 unspecified atom stereocenters. The Morgan fingerprint density at radius 2 is 1.94 bits per heavy atom. The lowest BCUT2D eigenvalue weighted by atomic mass is 10.0. The lowest BCUT2D eigenvalue weighted by Gasteiger charge is -2.10. The number of thiazole rings is 1. The Balaban J connectivity index is 1.65. The Morgan fingerprint density at radius 3 is 2.58 bits per heavy atom. The largest absolute Gasteiger partial charge is 0.481 e. The number of aryl methyl sites for hydroxylation is 1. The third-order valence-corrected chi connectivity index (χ3v) is 8.07. The van der Waals surface area contributed by atoms with Crippen molar-refractivity contribution in [2.45, 2.75) is 39.2 Å². The van der Waals surface area contributed by atoms with Crippen molar-refractivity contribution in [2.24, 2.45) is 7.05 Å². The van der Waals surface area contributed by atoms with Crippen LogP contribution in [0.5, 0.6) is 0 Å². The molecule has 0 saturated carbocycles. The van der Waals surface area contributed by atoms with E-state index in [1.165, 1.54) is 35.7 Å².